The minimum atomic E-state index is -0.505. The van der Waals surface area contributed by atoms with Crippen LogP contribution < -0.4 is 16.0 Å². The molecule has 1 amide bonds. The summed E-state index contributed by atoms with van der Waals surface area (Å²) in [7, 11) is 1.74. The SMILES string of the molecule is CN=C(NCc1sccc1C)NCC(NC(=O)OC(C)(C)C)C(C)C.I. The number of carbonyl (C=O) groups excluding carboxylic acids is 1. The summed E-state index contributed by atoms with van der Waals surface area (Å²) < 4.78 is 5.34. The molecule has 0 saturated carbocycles. The van der Waals surface area contributed by atoms with Crippen molar-refractivity contribution >= 4 is 47.4 Å². The maximum absolute atomic E-state index is 12.0. The number of hydrogen-bond acceptors (Lipinski definition) is 4. The van der Waals surface area contributed by atoms with Gasteiger partial charge in [-0.2, -0.15) is 0 Å². The molecular formula is C18H33IN4O2S. The Morgan fingerprint density at radius 3 is 2.42 bits per heavy atom. The lowest BCUT2D eigenvalue weighted by molar-refractivity contribution is 0.0491. The highest BCUT2D eigenvalue weighted by Gasteiger charge is 2.21. The van der Waals surface area contributed by atoms with Crippen molar-refractivity contribution in [2.24, 2.45) is 10.9 Å². The van der Waals surface area contributed by atoms with E-state index in [2.05, 4.69) is 53.2 Å². The van der Waals surface area contributed by atoms with Gasteiger partial charge >= 0.3 is 6.09 Å². The number of nitrogens with zero attached hydrogens (tertiary/aromatic N) is 1. The summed E-state index contributed by atoms with van der Waals surface area (Å²) in [4.78, 5) is 17.5. The van der Waals surface area contributed by atoms with Gasteiger partial charge in [0.25, 0.3) is 0 Å². The number of guanidine groups is 1. The standard InChI is InChI=1S/C18H32N4O2S.HI/c1-12(2)14(22-17(23)24-18(4,5)6)10-20-16(19-7)21-11-15-13(3)8-9-25-15;/h8-9,12,14H,10-11H2,1-7H3,(H,22,23)(H2,19,20,21);1H. The molecule has 1 aromatic rings. The highest BCUT2D eigenvalue weighted by molar-refractivity contribution is 14.0. The van der Waals surface area contributed by atoms with E-state index in [0.29, 0.717) is 12.5 Å². The lowest BCUT2D eigenvalue weighted by Gasteiger charge is -2.26. The van der Waals surface area contributed by atoms with Crippen molar-refractivity contribution in [2.45, 2.75) is 59.7 Å². The second-order valence-electron chi connectivity index (χ2n) is 7.33. The van der Waals surface area contributed by atoms with Crippen LogP contribution in [0, 0.1) is 12.8 Å². The number of hydrogen-bond donors (Lipinski definition) is 3. The Morgan fingerprint density at radius 1 is 1.31 bits per heavy atom. The van der Waals surface area contributed by atoms with Crippen LogP contribution in [0.5, 0.6) is 0 Å². The maximum atomic E-state index is 12.0. The molecule has 8 heteroatoms. The lowest BCUT2D eigenvalue weighted by Crippen LogP contribution is -2.50. The summed E-state index contributed by atoms with van der Waals surface area (Å²) in [5, 5.41) is 11.6. The van der Waals surface area contributed by atoms with Gasteiger partial charge in [-0.1, -0.05) is 13.8 Å². The molecule has 0 fully saturated rings. The van der Waals surface area contributed by atoms with E-state index in [1.807, 2.05) is 20.8 Å². The minimum absolute atomic E-state index is 0. The second-order valence-corrected chi connectivity index (χ2v) is 8.33. The molecular weight excluding hydrogens is 463 g/mol. The van der Waals surface area contributed by atoms with Crippen LogP contribution in [-0.4, -0.2) is 37.3 Å². The lowest BCUT2D eigenvalue weighted by atomic mass is 10.0. The fraction of sp³-hybridized carbons (Fsp3) is 0.667. The third-order valence-corrected chi connectivity index (χ3v) is 4.63. The Kier molecular flexibility index (Phi) is 11.2. The summed E-state index contributed by atoms with van der Waals surface area (Å²) in [5.74, 6) is 0.974. The molecule has 0 aliphatic rings. The molecule has 0 bridgehead atoms. The van der Waals surface area contributed by atoms with Crippen LogP contribution >= 0.6 is 35.3 Å². The molecule has 0 aliphatic heterocycles. The van der Waals surface area contributed by atoms with Crippen LogP contribution in [0.3, 0.4) is 0 Å². The van der Waals surface area contributed by atoms with Crippen LogP contribution in [-0.2, 0) is 11.3 Å². The number of thiophene rings is 1. The predicted octanol–water partition coefficient (Wildman–Crippen LogP) is 3.89. The number of alkyl carbamates (subject to hydrolysis) is 1. The number of rotatable bonds is 6. The molecule has 0 radical (unpaired) electrons. The van der Waals surface area contributed by atoms with Gasteiger partial charge in [0.15, 0.2) is 5.96 Å². The third-order valence-electron chi connectivity index (χ3n) is 3.60. The third kappa shape index (κ3) is 9.61. The highest BCUT2D eigenvalue weighted by atomic mass is 127. The zero-order valence-corrected chi connectivity index (χ0v) is 20.0. The van der Waals surface area contributed by atoms with Crippen LogP contribution in [0.4, 0.5) is 4.79 Å². The molecule has 0 aliphatic carbocycles. The minimum Gasteiger partial charge on any atom is -0.444 e. The molecule has 0 aromatic carbocycles. The Bertz CT molecular complexity index is 582. The van der Waals surface area contributed by atoms with Gasteiger partial charge in [0, 0.05) is 18.5 Å². The Labute approximate surface area is 178 Å². The van der Waals surface area contributed by atoms with Crippen molar-refractivity contribution in [3.63, 3.8) is 0 Å². The van der Waals surface area contributed by atoms with E-state index in [4.69, 9.17) is 4.74 Å². The molecule has 3 N–H and O–H groups in total. The molecule has 26 heavy (non-hydrogen) atoms. The second kappa shape index (κ2) is 11.6. The zero-order chi connectivity index (χ0) is 19.0. The maximum Gasteiger partial charge on any atom is 0.407 e. The first-order chi connectivity index (χ1) is 11.6. The highest BCUT2D eigenvalue weighted by Crippen LogP contribution is 2.14. The summed E-state index contributed by atoms with van der Waals surface area (Å²) in [6, 6.07) is 2.05. The van der Waals surface area contributed by atoms with Crippen molar-refractivity contribution in [2.75, 3.05) is 13.6 Å². The smallest absolute Gasteiger partial charge is 0.407 e. The van der Waals surface area contributed by atoms with E-state index in [0.717, 1.165) is 6.54 Å². The van der Waals surface area contributed by atoms with Crippen LogP contribution in [0.15, 0.2) is 16.4 Å². The molecule has 1 atom stereocenters. The van der Waals surface area contributed by atoms with Crippen molar-refractivity contribution in [1.82, 2.24) is 16.0 Å². The van der Waals surface area contributed by atoms with E-state index in [-0.39, 0.29) is 35.9 Å². The van der Waals surface area contributed by atoms with Crippen molar-refractivity contribution in [1.29, 1.82) is 0 Å². The average molecular weight is 496 g/mol. The topological polar surface area (TPSA) is 74.8 Å². The Hall–Kier alpha value is -1.03. The molecule has 1 aromatic heterocycles. The van der Waals surface area contributed by atoms with Crippen LogP contribution in [0.1, 0.15) is 45.1 Å². The Balaban J connectivity index is 0.00000625. The Morgan fingerprint density at radius 2 is 1.96 bits per heavy atom. The fourth-order valence-electron chi connectivity index (χ4n) is 2.09. The number of aliphatic imine (C=N–C) groups is 1. The van der Waals surface area contributed by atoms with Gasteiger partial charge in [0.05, 0.1) is 12.6 Å². The first kappa shape index (κ1) is 25.0. The van der Waals surface area contributed by atoms with Gasteiger partial charge in [0.2, 0.25) is 0 Å². The number of nitrogens with one attached hydrogen (secondary N) is 3. The van der Waals surface area contributed by atoms with E-state index in [9.17, 15) is 4.79 Å². The normalized spacial score (nSPS) is 13.0. The van der Waals surface area contributed by atoms with Crippen LogP contribution in [0.2, 0.25) is 0 Å². The molecule has 0 spiro atoms. The largest absolute Gasteiger partial charge is 0.444 e. The number of halogens is 1. The molecule has 1 unspecified atom stereocenters. The summed E-state index contributed by atoms with van der Waals surface area (Å²) in [6.07, 6.45) is -0.398. The number of ether oxygens (including phenoxy) is 1. The summed E-state index contributed by atoms with van der Waals surface area (Å²) in [6.45, 7) is 13.1. The fourth-order valence-corrected chi connectivity index (χ4v) is 2.93. The van der Waals surface area contributed by atoms with Gasteiger partial charge in [-0.25, -0.2) is 4.79 Å². The summed E-state index contributed by atoms with van der Waals surface area (Å²) >= 11 is 1.73. The van der Waals surface area contributed by atoms with E-state index >= 15 is 0 Å². The van der Waals surface area contributed by atoms with Gasteiger partial charge in [-0.3, -0.25) is 4.99 Å². The van der Waals surface area contributed by atoms with Crippen molar-refractivity contribution in [3.05, 3.63) is 21.9 Å². The quantitative estimate of drug-likeness (QED) is 0.318. The molecule has 1 rings (SSSR count). The van der Waals surface area contributed by atoms with E-state index in [1.54, 1.807) is 18.4 Å². The molecule has 0 saturated heterocycles. The van der Waals surface area contributed by atoms with E-state index in [1.165, 1.54) is 10.4 Å². The van der Waals surface area contributed by atoms with Gasteiger partial charge < -0.3 is 20.7 Å². The van der Waals surface area contributed by atoms with E-state index < -0.39 is 11.7 Å². The van der Waals surface area contributed by atoms with Crippen LogP contribution in [0.25, 0.3) is 0 Å². The number of aryl methyl sites for hydroxylation is 1. The van der Waals surface area contributed by atoms with Gasteiger partial charge in [-0.15, -0.1) is 35.3 Å². The average Bonchev–Trinajstić information content (AvgIpc) is 2.89. The zero-order valence-electron chi connectivity index (χ0n) is 16.8. The first-order valence-corrected chi connectivity index (χ1v) is 9.47. The molecule has 1 heterocycles. The van der Waals surface area contributed by atoms with Gasteiger partial charge in [0.1, 0.15) is 5.60 Å². The number of carbonyl (C=O) groups is 1. The predicted molar refractivity (Wildman–Crippen MR) is 121 cm³/mol. The number of amides is 1. The summed E-state index contributed by atoms with van der Waals surface area (Å²) in [5.41, 5.74) is 0.773. The van der Waals surface area contributed by atoms with Crippen molar-refractivity contribution in [3.8, 4) is 0 Å². The van der Waals surface area contributed by atoms with Crippen molar-refractivity contribution < 1.29 is 9.53 Å². The first-order valence-electron chi connectivity index (χ1n) is 8.59. The monoisotopic (exact) mass is 496 g/mol. The molecule has 150 valence electrons. The molecule has 6 nitrogen and oxygen atoms in total. The van der Waals surface area contributed by atoms with Gasteiger partial charge in [-0.05, 0) is 50.6 Å².